The highest BCUT2D eigenvalue weighted by molar-refractivity contribution is 7.47. The number of hydrogen-bond acceptors (Lipinski definition) is 7. The number of aryl methyl sites for hydroxylation is 1. The van der Waals surface area contributed by atoms with Gasteiger partial charge in [-0.15, -0.1) is 0 Å². The zero-order valence-corrected chi connectivity index (χ0v) is 21.8. The number of aliphatic carboxylic acids is 1. The van der Waals surface area contributed by atoms with E-state index in [2.05, 4.69) is 6.92 Å². The minimum absolute atomic E-state index is 0.0697. The summed E-state index contributed by atoms with van der Waals surface area (Å²) < 4.78 is 33.7. The first-order chi connectivity index (χ1) is 15.8. The molecule has 10 nitrogen and oxygen atoms in total. The molecule has 11 heteroatoms. The van der Waals surface area contributed by atoms with Crippen LogP contribution < -0.4 is 9.47 Å². The van der Waals surface area contributed by atoms with E-state index in [1.54, 1.807) is 21.1 Å². The Morgan fingerprint density at radius 1 is 1.00 bits per heavy atom. The average Bonchev–Trinajstić information content (AvgIpc) is 2.71. The molecule has 1 aromatic carbocycles. The summed E-state index contributed by atoms with van der Waals surface area (Å²) >= 11 is 0. The van der Waals surface area contributed by atoms with Gasteiger partial charge in [-0.05, 0) is 43.9 Å². The number of aliphatic hydroxyl groups excluding tert-OH is 1. The van der Waals surface area contributed by atoms with Crippen LogP contribution in [0.4, 0.5) is 0 Å². The molecule has 3 N–H and O–H groups in total. The summed E-state index contributed by atoms with van der Waals surface area (Å²) in [5.74, 6) is 0.188. The molecule has 0 aliphatic carbocycles. The SMILES string of the molecule is CCCCCOc1cc(C)cc(OCCCCOP(=O)(O)O[C@H](CC(=O)O)C(O)[N+](C)(C)C)c1. The second-order valence-electron chi connectivity index (χ2n) is 9.17. The Morgan fingerprint density at radius 2 is 1.53 bits per heavy atom. The second-order valence-corrected chi connectivity index (χ2v) is 10.6. The van der Waals surface area contributed by atoms with Crippen molar-refractivity contribution in [3.8, 4) is 11.5 Å². The average molecular weight is 507 g/mol. The number of ether oxygens (including phenoxy) is 2. The van der Waals surface area contributed by atoms with Gasteiger partial charge in [0.25, 0.3) is 0 Å². The lowest BCUT2D eigenvalue weighted by molar-refractivity contribution is -0.922. The summed E-state index contributed by atoms with van der Waals surface area (Å²) in [5, 5.41) is 19.3. The van der Waals surface area contributed by atoms with Crippen molar-refractivity contribution in [1.82, 2.24) is 0 Å². The van der Waals surface area contributed by atoms with Crippen LogP contribution in [0.2, 0.25) is 0 Å². The first kappa shape index (κ1) is 30.4. The molecule has 0 aromatic heterocycles. The number of aliphatic hydroxyl groups is 1. The van der Waals surface area contributed by atoms with Gasteiger partial charge in [-0.25, -0.2) is 4.57 Å². The van der Waals surface area contributed by atoms with Crippen LogP contribution in [0.25, 0.3) is 0 Å². The van der Waals surface area contributed by atoms with Gasteiger partial charge < -0.3 is 29.1 Å². The summed E-state index contributed by atoms with van der Waals surface area (Å²) in [6.45, 7) is 5.06. The standard InChI is InChI=1S/C23H40NO9P/c1-6-7-8-11-30-19-14-18(2)15-20(16-19)31-12-9-10-13-32-34(28,29)33-21(17-22(25)26)23(27)24(3,4)5/h14-16,21,23,27H,6-13,17H2,1-5H3,(H-,25,26,28,29)/p+1/t21-,23?/m1/s1. The van der Waals surface area contributed by atoms with Gasteiger partial charge >= 0.3 is 13.8 Å². The number of hydrogen-bond donors (Lipinski definition) is 3. The zero-order chi connectivity index (χ0) is 25.8. The Balaban J connectivity index is 2.44. The Bertz CT molecular complexity index is 797. The molecule has 0 aliphatic rings. The predicted molar refractivity (Wildman–Crippen MR) is 128 cm³/mol. The summed E-state index contributed by atoms with van der Waals surface area (Å²) in [6.07, 6.45) is 0.861. The van der Waals surface area contributed by atoms with Crippen molar-refractivity contribution >= 4 is 13.8 Å². The van der Waals surface area contributed by atoms with Gasteiger partial charge in [0.05, 0.1) is 47.4 Å². The number of carboxylic acids is 1. The van der Waals surface area contributed by atoms with Gasteiger partial charge in [-0.1, -0.05) is 19.8 Å². The predicted octanol–water partition coefficient (Wildman–Crippen LogP) is 3.72. The van der Waals surface area contributed by atoms with Crippen molar-refractivity contribution in [2.75, 3.05) is 41.0 Å². The van der Waals surface area contributed by atoms with Crippen molar-refractivity contribution < 1.29 is 47.5 Å². The molecule has 34 heavy (non-hydrogen) atoms. The van der Waals surface area contributed by atoms with Crippen LogP contribution >= 0.6 is 7.82 Å². The maximum atomic E-state index is 12.2. The van der Waals surface area contributed by atoms with Crippen molar-refractivity contribution in [3.05, 3.63) is 23.8 Å². The highest BCUT2D eigenvalue weighted by Crippen LogP contribution is 2.46. The minimum Gasteiger partial charge on any atom is -0.493 e. The number of unbranched alkanes of at least 4 members (excludes halogenated alkanes) is 3. The number of carbonyl (C=O) groups is 1. The molecule has 2 unspecified atom stereocenters. The van der Waals surface area contributed by atoms with Gasteiger partial charge in [-0.3, -0.25) is 13.8 Å². The number of carboxylic acid groups (broad SMARTS) is 1. The molecule has 3 atom stereocenters. The lowest BCUT2D eigenvalue weighted by Crippen LogP contribution is -2.52. The van der Waals surface area contributed by atoms with E-state index in [0.29, 0.717) is 31.8 Å². The van der Waals surface area contributed by atoms with E-state index in [1.165, 1.54) is 0 Å². The Kier molecular flexibility index (Phi) is 13.1. The van der Waals surface area contributed by atoms with Crippen molar-refractivity contribution in [3.63, 3.8) is 0 Å². The molecule has 0 heterocycles. The van der Waals surface area contributed by atoms with E-state index in [9.17, 15) is 19.4 Å². The van der Waals surface area contributed by atoms with E-state index in [-0.39, 0.29) is 11.1 Å². The van der Waals surface area contributed by atoms with E-state index in [0.717, 1.165) is 30.6 Å². The third kappa shape index (κ3) is 12.7. The summed E-state index contributed by atoms with van der Waals surface area (Å²) in [4.78, 5) is 21.0. The number of phosphoric ester groups is 1. The lowest BCUT2D eigenvalue weighted by atomic mass is 10.2. The Labute approximate surface area is 202 Å². The van der Waals surface area contributed by atoms with Crippen molar-refractivity contribution in [1.29, 1.82) is 0 Å². The topological polar surface area (TPSA) is 132 Å². The number of quaternary nitrogens is 1. The fourth-order valence-electron chi connectivity index (χ4n) is 3.07. The third-order valence-corrected chi connectivity index (χ3v) is 5.92. The van der Waals surface area contributed by atoms with E-state index in [4.69, 9.17) is 23.6 Å². The lowest BCUT2D eigenvalue weighted by Gasteiger charge is -2.34. The molecule has 0 radical (unpaired) electrons. The van der Waals surface area contributed by atoms with E-state index < -0.39 is 32.5 Å². The van der Waals surface area contributed by atoms with Crippen LogP contribution in [0.15, 0.2) is 18.2 Å². The molecule has 0 fully saturated rings. The van der Waals surface area contributed by atoms with Crippen molar-refractivity contribution in [2.45, 2.75) is 64.7 Å². The second kappa shape index (κ2) is 14.7. The number of rotatable bonds is 18. The first-order valence-corrected chi connectivity index (χ1v) is 13.1. The normalized spacial score (nSPS) is 15.4. The van der Waals surface area contributed by atoms with Gasteiger partial charge in [-0.2, -0.15) is 0 Å². The molecular formula is C23H41NO9P+. The minimum atomic E-state index is -4.55. The molecule has 0 saturated carbocycles. The fourth-order valence-corrected chi connectivity index (χ4v) is 4.01. The molecule has 0 amide bonds. The highest BCUT2D eigenvalue weighted by atomic mass is 31.2. The number of likely N-dealkylation sites (N-methyl/N-ethyl adjacent to an activating group) is 1. The third-order valence-electron chi connectivity index (χ3n) is 4.87. The monoisotopic (exact) mass is 506 g/mol. The quantitative estimate of drug-likeness (QED) is 0.118. The highest BCUT2D eigenvalue weighted by Gasteiger charge is 2.39. The molecule has 0 aliphatic heterocycles. The van der Waals surface area contributed by atoms with Gasteiger partial charge in [0.2, 0.25) is 6.23 Å². The van der Waals surface area contributed by atoms with Crippen molar-refractivity contribution in [2.24, 2.45) is 0 Å². The van der Waals surface area contributed by atoms with E-state index in [1.807, 2.05) is 25.1 Å². The Morgan fingerprint density at radius 3 is 2.03 bits per heavy atom. The number of phosphoric acid groups is 1. The fraction of sp³-hybridized carbons (Fsp3) is 0.696. The van der Waals surface area contributed by atoms with Crippen LogP contribution in [0.5, 0.6) is 11.5 Å². The molecule has 0 bridgehead atoms. The summed E-state index contributed by atoms with van der Waals surface area (Å²) in [6, 6.07) is 5.71. The molecular weight excluding hydrogens is 465 g/mol. The van der Waals surface area contributed by atoms with E-state index >= 15 is 0 Å². The van der Waals surface area contributed by atoms with Crippen LogP contribution in [0.1, 0.15) is 51.0 Å². The van der Waals surface area contributed by atoms with Crippen LogP contribution in [0, 0.1) is 6.92 Å². The van der Waals surface area contributed by atoms with Crippen LogP contribution in [0.3, 0.4) is 0 Å². The van der Waals surface area contributed by atoms with Crippen LogP contribution in [-0.2, 0) is 18.4 Å². The number of nitrogens with zero attached hydrogens (tertiary/aromatic N) is 1. The molecule has 0 saturated heterocycles. The first-order valence-electron chi connectivity index (χ1n) is 11.6. The van der Waals surface area contributed by atoms with Gasteiger partial charge in [0, 0.05) is 6.07 Å². The number of benzene rings is 1. The molecule has 0 spiro atoms. The maximum absolute atomic E-state index is 12.2. The maximum Gasteiger partial charge on any atom is 0.472 e. The summed E-state index contributed by atoms with van der Waals surface area (Å²) in [5.41, 5.74) is 1.02. The molecule has 1 aromatic rings. The largest absolute Gasteiger partial charge is 0.493 e. The smallest absolute Gasteiger partial charge is 0.472 e. The van der Waals surface area contributed by atoms with Gasteiger partial charge in [0.1, 0.15) is 11.5 Å². The van der Waals surface area contributed by atoms with Gasteiger partial charge in [0.15, 0.2) is 6.10 Å². The zero-order valence-electron chi connectivity index (χ0n) is 20.9. The van der Waals surface area contributed by atoms with Crippen LogP contribution in [-0.4, -0.2) is 78.9 Å². The Hall–Kier alpha value is -1.68. The molecule has 196 valence electrons. The molecule has 1 rings (SSSR count). The summed E-state index contributed by atoms with van der Waals surface area (Å²) in [7, 11) is 0.284.